The number of piperazine rings is 1. The number of nitrogens with zero attached hydrogens (tertiary/aromatic N) is 2. The second-order valence-corrected chi connectivity index (χ2v) is 8.10. The number of halogens is 1. The third kappa shape index (κ3) is 6.29. The number of anilines is 1. The summed E-state index contributed by atoms with van der Waals surface area (Å²) in [6.07, 6.45) is 0. The Kier molecular flexibility index (Phi) is 7.85. The molecule has 1 saturated heterocycles. The maximum atomic E-state index is 12.5. The first kappa shape index (κ1) is 22.3. The number of aryl methyl sites for hydroxylation is 1. The maximum Gasteiger partial charge on any atom is 0.238 e. The van der Waals surface area contributed by atoms with Crippen molar-refractivity contribution in [3.05, 3.63) is 64.7 Å². The monoisotopic (exact) mass is 428 g/mol. The van der Waals surface area contributed by atoms with Gasteiger partial charge in [-0.05, 0) is 37.6 Å². The van der Waals surface area contributed by atoms with Gasteiger partial charge in [-0.3, -0.25) is 14.5 Å². The fourth-order valence-electron chi connectivity index (χ4n) is 3.48. The second kappa shape index (κ2) is 10.6. The molecule has 1 aliphatic rings. The summed E-state index contributed by atoms with van der Waals surface area (Å²) in [4.78, 5) is 28.7. The van der Waals surface area contributed by atoms with E-state index in [9.17, 15) is 9.59 Å². The van der Waals surface area contributed by atoms with Crippen molar-refractivity contribution in [3.63, 3.8) is 0 Å². The van der Waals surface area contributed by atoms with Gasteiger partial charge in [-0.25, -0.2) is 0 Å². The summed E-state index contributed by atoms with van der Waals surface area (Å²) in [5, 5.41) is 6.88. The largest absolute Gasteiger partial charge is 0.339 e. The van der Waals surface area contributed by atoms with Crippen molar-refractivity contribution in [2.75, 3.05) is 44.6 Å². The molecule has 1 atom stereocenters. The highest BCUT2D eigenvalue weighted by molar-refractivity contribution is 6.31. The summed E-state index contributed by atoms with van der Waals surface area (Å²) >= 11 is 6.23. The number of hydrogen-bond donors (Lipinski definition) is 2. The second-order valence-electron chi connectivity index (χ2n) is 7.70. The van der Waals surface area contributed by atoms with Crippen LogP contribution < -0.4 is 10.6 Å². The van der Waals surface area contributed by atoms with Crippen LogP contribution in [0.5, 0.6) is 0 Å². The minimum atomic E-state index is -0.0335. The molecule has 6 nitrogen and oxygen atoms in total. The van der Waals surface area contributed by atoms with Gasteiger partial charge in [0.05, 0.1) is 13.1 Å². The van der Waals surface area contributed by atoms with Crippen LogP contribution in [0.25, 0.3) is 0 Å². The van der Waals surface area contributed by atoms with E-state index in [1.54, 1.807) is 0 Å². The van der Waals surface area contributed by atoms with Crippen LogP contribution in [-0.2, 0) is 9.59 Å². The highest BCUT2D eigenvalue weighted by Crippen LogP contribution is 2.21. The van der Waals surface area contributed by atoms with Crippen LogP contribution in [0.4, 0.5) is 5.69 Å². The van der Waals surface area contributed by atoms with Crippen LogP contribution in [0, 0.1) is 6.92 Å². The third-order valence-electron chi connectivity index (χ3n) is 5.36. The zero-order chi connectivity index (χ0) is 21.5. The molecule has 0 spiro atoms. The Morgan fingerprint density at radius 3 is 2.37 bits per heavy atom. The molecule has 0 saturated carbocycles. The average Bonchev–Trinajstić information content (AvgIpc) is 2.74. The van der Waals surface area contributed by atoms with E-state index in [-0.39, 0.29) is 24.4 Å². The van der Waals surface area contributed by atoms with E-state index in [2.05, 4.69) is 15.5 Å². The van der Waals surface area contributed by atoms with Gasteiger partial charge in [0, 0.05) is 42.9 Å². The number of benzene rings is 2. The van der Waals surface area contributed by atoms with Gasteiger partial charge < -0.3 is 15.5 Å². The molecule has 0 bridgehead atoms. The number of hydrogen-bond acceptors (Lipinski definition) is 4. The predicted octanol–water partition coefficient (Wildman–Crippen LogP) is 3.08. The van der Waals surface area contributed by atoms with Gasteiger partial charge in [0.2, 0.25) is 11.8 Å². The van der Waals surface area contributed by atoms with Crippen molar-refractivity contribution in [3.8, 4) is 0 Å². The van der Waals surface area contributed by atoms with Crippen LogP contribution >= 0.6 is 11.6 Å². The maximum absolute atomic E-state index is 12.5. The van der Waals surface area contributed by atoms with E-state index in [1.807, 2.05) is 67.3 Å². The van der Waals surface area contributed by atoms with Gasteiger partial charge in [-0.2, -0.15) is 0 Å². The minimum absolute atomic E-state index is 0.00518. The zero-order valence-corrected chi connectivity index (χ0v) is 18.3. The highest BCUT2D eigenvalue weighted by atomic mass is 35.5. The number of carbonyl (C=O) groups excluding carboxylic acids is 2. The normalized spacial score (nSPS) is 15.6. The van der Waals surface area contributed by atoms with Crippen molar-refractivity contribution in [1.29, 1.82) is 0 Å². The van der Waals surface area contributed by atoms with E-state index >= 15 is 0 Å². The molecule has 3 rings (SSSR count). The summed E-state index contributed by atoms with van der Waals surface area (Å²) in [5.74, 6) is 0.0338. The first-order valence-electron chi connectivity index (χ1n) is 10.3. The smallest absolute Gasteiger partial charge is 0.238 e. The van der Waals surface area contributed by atoms with Gasteiger partial charge >= 0.3 is 0 Å². The van der Waals surface area contributed by atoms with E-state index in [1.165, 1.54) is 0 Å². The van der Waals surface area contributed by atoms with Crippen molar-refractivity contribution >= 4 is 29.1 Å². The fourth-order valence-corrected chi connectivity index (χ4v) is 3.78. The Labute approximate surface area is 183 Å². The quantitative estimate of drug-likeness (QED) is 0.711. The molecule has 7 heteroatoms. The minimum Gasteiger partial charge on any atom is -0.339 e. The predicted molar refractivity (Wildman–Crippen MR) is 121 cm³/mol. The number of rotatable bonds is 7. The molecule has 30 heavy (non-hydrogen) atoms. The molecule has 2 aromatic carbocycles. The van der Waals surface area contributed by atoms with Crippen molar-refractivity contribution in [2.24, 2.45) is 0 Å². The number of carbonyl (C=O) groups is 2. The highest BCUT2D eigenvalue weighted by Gasteiger charge is 2.23. The summed E-state index contributed by atoms with van der Waals surface area (Å²) < 4.78 is 0. The Hall–Kier alpha value is -2.41. The van der Waals surface area contributed by atoms with Crippen molar-refractivity contribution in [1.82, 2.24) is 15.1 Å². The molecule has 1 heterocycles. The average molecular weight is 429 g/mol. The SMILES string of the molecule is Cc1ccc(NC(=O)CN2CCN(C(=O)CN[C@H](C)c3ccccc3Cl)CC2)cc1. The molecule has 0 unspecified atom stereocenters. The fraction of sp³-hybridized carbons (Fsp3) is 0.391. The zero-order valence-electron chi connectivity index (χ0n) is 17.5. The van der Waals surface area contributed by atoms with Crippen LogP contribution in [0.3, 0.4) is 0 Å². The summed E-state index contributed by atoms with van der Waals surface area (Å²) in [6, 6.07) is 15.4. The molecule has 2 N–H and O–H groups in total. The lowest BCUT2D eigenvalue weighted by Crippen LogP contribution is -2.52. The molecular formula is C23H29ClN4O2. The van der Waals surface area contributed by atoms with E-state index in [0.717, 1.165) is 16.8 Å². The van der Waals surface area contributed by atoms with Crippen molar-refractivity contribution in [2.45, 2.75) is 19.9 Å². The summed E-state index contributed by atoms with van der Waals surface area (Å²) in [7, 11) is 0. The molecule has 1 fully saturated rings. The molecule has 2 amide bonds. The Morgan fingerprint density at radius 2 is 1.70 bits per heavy atom. The Bertz CT molecular complexity index is 864. The first-order chi connectivity index (χ1) is 14.4. The Morgan fingerprint density at radius 1 is 1.03 bits per heavy atom. The van der Waals surface area contributed by atoms with E-state index in [0.29, 0.717) is 37.7 Å². The van der Waals surface area contributed by atoms with Gasteiger partial charge in [0.1, 0.15) is 0 Å². The van der Waals surface area contributed by atoms with Crippen molar-refractivity contribution < 1.29 is 9.59 Å². The molecule has 2 aromatic rings. The number of nitrogens with one attached hydrogen (secondary N) is 2. The third-order valence-corrected chi connectivity index (χ3v) is 5.70. The first-order valence-corrected chi connectivity index (χ1v) is 10.6. The van der Waals surface area contributed by atoms with Crippen LogP contribution in [0.2, 0.25) is 5.02 Å². The van der Waals surface area contributed by atoms with Crippen LogP contribution in [0.1, 0.15) is 24.1 Å². The van der Waals surface area contributed by atoms with Crippen LogP contribution in [-0.4, -0.2) is 60.9 Å². The summed E-state index contributed by atoms with van der Waals surface area (Å²) in [6.45, 7) is 7.23. The topological polar surface area (TPSA) is 64.7 Å². The Balaban J connectivity index is 1.39. The molecular weight excluding hydrogens is 400 g/mol. The van der Waals surface area contributed by atoms with Gasteiger partial charge in [-0.1, -0.05) is 47.5 Å². The van der Waals surface area contributed by atoms with E-state index < -0.39 is 0 Å². The lowest BCUT2D eigenvalue weighted by molar-refractivity contribution is -0.132. The molecule has 160 valence electrons. The standard InChI is InChI=1S/C23H29ClN4O2/c1-17-7-9-19(10-8-17)26-22(29)16-27-11-13-28(14-12-27)23(30)15-25-18(2)20-5-3-4-6-21(20)24/h3-10,18,25H,11-16H2,1-2H3,(H,26,29)/t18-/m1/s1. The lowest BCUT2D eigenvalue weighted by atomic mass is 10.1. The van der Waals surface area contributed by atoms with Crippen LogP contribution in [0.15, 0.2) is 48.5 Å². The molecule has 0 radical (unpaired) electrons. The molecule has 0 aliphatic carbocycles. The molecule has 0 aromatic heterocycles. The summed E-state index contributed by atoms with van der Waals surface area (Å²) in [5.41, 5.74) is 2.94. The van der Waals surface area contributed by atoms with Gasteiger partial charge in [0.15, 0.2) is 0 Å². The number of amides is 2. The van der Waals surface area contributed by atoms with Gasteiger partial charge in [0.25, 0.3) is 0 Å². The van der Waals surface area contributed by atoms with E-state index in [4.69, 9.17) is 11.6 Å². The lowest BCUT2D eigenvalue weighted by Gasteiger charge is -2.34. The molecule has 1 aliphatic heterocycles. The van der Waals surface area contributed by atoms with Gasteiger partial charge in [-0.15, -0.1) is 0 Å².